The topological polar surface area (TPSA) is 115 Å². The molecule has 1 aliphatic heterocycles. The molecule has 0 radical (unpaired) electrons. The number of nitrogens with zero attached hydrogens (tertiary/aromatic N) is 2. The minimum Gasteiger partial charge on any atom is -0.463 e. The number of para-hydroxylation sites is 1. The van der Waals surface area contributed by atoms with Crippen molar-refractivity contribution >= 4 is 45.7 Å². The van der Waals surface area contributed by atoms with Crippen LogP contribution in [0, 0.1) is 0 Å². The van der Waals surface area contributed by atoms with Crippen LogP contribution in [-0.4, -0.2) is 28.2 Å². The third kappa shape index (κ3) is 3.80. The minimum absolute atomic E-state index is 0.0940. The number of carbonyl (C=O) groups excluding carboxylic acids is 2. The lowest BCUT2D eigenvalue weighted by atomic mass is 9.95. The van der Waals surface area contributed by atoms with Gasteiger partial charge in [-0.2, -0.15) is 0 Å². The number of esters is 1. The molecule has 10 heteroatoms. The Labute approximate surface area is 198 Å². The first kappa shape index (κ1) is 21.7. The number of urea groups is 1. The van der Waals surface area contributed by atoms with E-state index in [4.69, 9.17) is 20.8 Å². The molecule has 1 atom stereocenters. The molecule has 2 amide bonds. The Morgan fingerprint density at radius 2 is 1.94 bits per heavy atom. The maximum absolute atomic E-state index is 13.2. The van der Waals surface area contributed by atoms with Crippen LogP contribution in [0.4, 0.5) is 4.79 Å². The fraction of sp³-hybridized carbons (Fsp3) is 0.167. The van der Waals surface area contributed by atoms with Crippen LogP contribution in [0.2, 0.25) is 5.02 Å². The van der Waals surface area contributed by atoms with Crippen LogP contribution in [0.25, 0.3) is 22.1 Å². The lowest BCUT2D eigenvalue weighted by Gasteiger charge is -2.29. The zero-order valence-electron chi connectivity index (χ0n) is 18.0. The molecular formula is C24H19ClN4O5. The number of aromatic nitrogens is 2. The Bertz CT molecular complexity index is 1520. The molecule has 1 unspecified atom stereocenters. The zero-order chi connectivity index (χ0) is 23.8. The Morgan fingerprint density at radius 3 is 2.71 bits per heavy atom. The molecule has 9 nitrogen and oxygen atoms in total. The predicted molar refractivity (Wildman–Crippen MR) is 125 cm³/mol. The highest BCUT2D eigenvalue weighted by molar-refractivity contribution is 6.30. The normalized spacial score (nSPS) is 15.9. The molecule has 172 valence electrons. The summed E-state index contributed by atoms with van der Waals surface area (Å²) in [6.07, 6.45) is 1.37. The molecule has 0 fully saturated rings. The molecule has 3 heterocycles. The summed E-state index contributed by atoms with van der Waals surface area (Å²) in [5, 5.41) is 6.64. The van der Waals surface area contributed by atoms with Crippen molar-refractivity contribution in [1.82, 2.24) is 20.2 Å². The number of carbonyl (C=O) groups is 2. The Morgan fingerprint density at radius 1 is 1.18 bits per heavy atom. The second kappa shape index (κ2) is 8.68. The standard InChI is InChI=1S/C24H19ClN4O5/c1-2-33-23(31)18-16(27-24(32)28-19(18)13-7-9-14(25)10-8-13)11-29-12-26-20-15-5-3-4-6-17(15)34-21(20)22(29)30/h3-10,12,19H,2,11H2,1H3,(H2,27,28,32). The van der Waals surface area contributed by atoms with Gasteiger partial charge in [0.05, 0.1) is 36.8 Å². The van der Waals surface area contributed by atoms with Gasteiger partial charge in [0.15, 0.2) is 0 Å². The van der Waals surface area contributed by atoms with Gasteiger partial charge in [0.25, 0.3) is 5.56 Å². The molecule has 0 saturated carbocycles. The number of ether oxygens (including phenoxy) is 1. The number of halogens is 1. The third-order valence-electron chi connectivity index (χ3n) is 5.53. The van der Waals surface area contributed by atoms with Crippen molar-refractivity contribution in [3.8, 4) is 0 Å². The van der Waals surface area contributed by atoms with Crippen molar-refractivity contribution < 1.29 is 18.7 Å². The fourth-order valence-electron chi connectivity index (χ4n) is 4.00. The van der Waals surface area contributed by atoms with Crippen molar-refractivity contribution in [1.29, 1.82) is 0 Å². The molecule has 0 saturated heterocycles. The number of rotatable bonds is 5. The first-order valence-electron chi connectivity index (χ1n) is 10.6. The van der Waals surface area contributed by atoms with Crippen LogP contribution in [0.5, 0.6) is 0 Å². The van der Waals surface area contributed by atoms with E-state index in [1.54, 1.807) is 43.3 Å². The highest BCUT2D eigenvalue weighted by Gasteiger charge is 2.34. The SMILES string of the molecule is CCOC(=O)C1=C(Cn2cnc3c(oc4ccccc43)c2=O)NC(=O)NC1c1ccc(Cl)cc1. The number of allylic oxidation sites excluding steroid dienone is 1. The first-order valence-corrected chi connectivity index (χ1v) is 10.9. The van der Waals surface area contributed by atoms with E-state index >= 15 is 0 Å². The maximum atomic E-state index is 13.2. The lowest BCUT2D eigenvalue weighted by molar-refractivity contribution is -0.139. The van der Waals surface area contributed by atoms with E-state index < -0.39 is 23.6 Å². The van der Waals surface area contributed by atoms with Gasteiger partial charge < -0.3 is 19.8 Å². The highest BCUT2D eigenvalue weighted by atomic mass is 35.5. The number of fused-ring (bicyclic) bond motifs is 3. The summed E-state index contributed by atoms with van der Waals surface area (Å²) in [5.41, 5.74) is 1.69. The molecule has 4 aromatic rings. The smallest absolute Gasteiger partial charge is 0.338 e. The molecule has 2 aromatic carbocycles. The lowest BCUT2D eigenvalue weighted by Crippen LogP contribution is -2.47. The van der Waals surface area contributed by atoms with Gasteiger partial charge in [-0.3, -0.25) is 9.36 Å². The molecule has 1 aliphatic rings. The highest BCUT2D eigenvalue weighted by Crippen LogP contribution is 2.29. The summed E-state index contributed by atoms with van der Waals surface area (Å²) in [7, 11) is 0. The second-order valence-corrected chi connectivity index (χ2v) is 8.09. The summed E-state index contributed by atoms with van der Waals surface area (Å²) < 4.78 is 12.3. The van der Waals surface area contributed by atoms with Crippen LogP contribution in [0.1, 0.15) is 18.5 Å². The molecule has 2 N–H and O–H groups in total. The van der Waals surface area contributed by atoms with Crippen LogP contribution >= 0.6 is 11.6 Å². The Balaban J connectivity index is 1.63. The Hall–Kier alpha value is -4.11. The van der Waals surface area contributed by atoms with Gasteiger partial charge in [-0.05, 0) is 36.8 Å². The van der Waals surface area contributed by atoms with E-state index in [-0.39, 0.29) is 30.0 Å². The molecule has 5 rings (SSSR count). The van der Waals surface area contributed by atoms with E-state index in [0.717, 1.165) is 5.39 Å². The van der Waals surface area contributed by atoms with Gasteiger partial charge in [0.2, 0.25) is 5.58 Å². The quantitative estimate of drug-likeness (QED) is 0.423. The fourth-order valence-corrected chi connectivity index (χ4v) is 4.12. The van der Waals surface area contributed by atoms with Crippen LogP contribution in [-0.2, 0) is 16.1 Å². The van der Waals surface area contributed by atoms with Crippen molar-refractivity contribution in [3.05, 3.63) is 87.1 Å². The summed E-state index contributed by atoms with van der Waals surface area (Å²) in [4.78, 5) is 43.0. The number of nitrogens with one attached hydrogen (secondary N) is 2. The van der Waals surface area contributed by atoms with Gasteiger partial charge in [0, 0.05) is 10.4 Å². The van der Waals surface area contributed by atoms with E-state index in [0.29, 0.717) is 21.7 Å². The van der Waals surface area contributed by atoms with Gasteiger partial charge in [-0.25, -0.2) is 14.6 Å². The van der Waals surface area contributed by atoms with E-state index in [1.807, 2.05) is 12.1 Å². The zero-order valence-corrected chi connectivity index (χ0v) is 18.8. The van der Waals surface area contributed by atoms with Crippen molar-refractivity contribution in [2.24, 2.45) is 0 Å². The molecule has 2 aromatic heterocycles. The predicted octanol–water partition coefficient (Wildman–Crippen LogP) is 3.67. The third-order valence-corrected chi connectivity index (χ3v) is 5.78. The second-order valence-electron chi connectivity index (χ2n) is 7.65. The molecule has 0 aliphatic carbocycles. The van der Waals surface area contributed by atoms with Crippen molar-refractivity contribution in [3.63, 3.8) is 0 Å². The number of amides is 2. The molecular weight excluding hydrogens is 460 g/mol. The van der Waals surface area contributed by atoms with Gasteiger partial charge in [-0.1, -0.05) is 35.9 Å². The number of hydrogen-bond acceptors (Lipinski definition) is 6. The average Bonchev–Trinajstić information content (AvgIpc) is 3.21. The summed E-state index contributed by atoms with van der Waals surface area (Å²) >= 11 is 6.00. The van der Waals surface area contributed by atoms with E-state index in [9.17, 15) is 14.4 Å². The maximum Gasteiger partial charge on any atom is 0.338 e. The van der Waals surface area contributed by atoms with Crippen LogP contribution in [0.3, 0.4) is 0 Å². The van der Waals surface area contributed by atoms with E-state index in [1.165, 1.54) is 10.9 Å². The summed E-state index contributed by atoms with van der Waals surface area (Å²) in [6, 6.07) is 12.7. The minimum atomic E-state index is -0.793. The van der Waals surface area contributed by atoms with Gasteiger partial charge in [-0.15, -0.1) is 0 Å². The number of hydrogen-bond donors (Lipinski definition) is 2. The number of benzene rings is 2. The molecule has 0 spiro atoms. The monoisotopic (exact) mass is 478 g/mol. The van der Waals surface area contributed by atoms with E-state index in [2.05, 4.69) is 15.6 Å². The van der Waals surface area contributed by atoms with Crippen LogP contribution < -0.4 is 16.2 Å². The van der Waals surface area contributed by atoms with Crippen molar-refractivity contribution in [2.75, 3.05) is 6.61 Å². The number of furan rings is 1. The largest absolute Gasteiger partial charge is 0.463 e. The summed E-state index contributed by atoms with van der Waals surface area (Å²) in [5.74, 6) is -0.615. The molecule has 0 bridgehead atoms. The van der Waals surface area contributed by atoms with Gasteiger partial charge in [0.1, 0.15) is 11.1 Å². The summed E-state index contributed by atoms with van der Waals surface area (Å²) in [6.45, 7) is 1.71. The molecule has 34 heavy (non-hydrogen) atoms. The average molecular weight is 479 g/mol. The van der Waals surface area contributed by atoms with Crippen molar-refractivity contribution in [2.45, 2.75) is 19.5 Å². The van der Waals surface area contributed by atoms with Gasteiger partial charge >= 0.3 is 12.0 Å². The Kier molecular flexibility index (Phi) is 5.54. The first-order chi connectivity index (χ1) is 16.5. The van der Waals surface area contributed by atoms with Crippen LogP contribution in [0.15, 0.2) is 75.3 Å².